The van der Waals surface area contributed by atoms with Crippen molar-refractivity contribution >= 4 is 11.8 Å². The first kappa shape index (κ1) is 30.3. The maximum atomic E-state index is 12.3. The zero-order valence-electron chi connectivity index (χ0n) is 21.5. The number of carbonyl (C=O) groups is 2. The van der Waals surface area contributed by atoms with Crippen LogP contribution in [-0.4, -0.2) is 30.6 Å². The molecule has 0 fully saturated rings. The van der Waals surface area contributed by atoms with Gasteiger partial charge in [-0.15, -0.1) is 0 Å². The van der Waals surface area contributed by atoms with Gasteiger partial charge in [0.05, 0.1) is 7.11 Å². The molecule has 1 aromatic carbocycles. The summed E-state index contributed by atoms with van der Waals surface area (Å²) in [5, 5.41) is 14.6. The van der Waals surface area contributed by atoms with Crippen molar-refractivity contribution in [1.82, 2.24) is 10.6 Å². The van der Waals surface area contributed by atoms with Gasteiger partial charge in [-0.1, -0.05) is 50.1 Å². The Kier molecular flexibility index (Phi) is 13.7. The number of benzene rings is 1. The van der Waals surface area contributed by atoms with Crippen LogP contribution in [0.1, 0.15) is 24.2 Å². The van der Waals surface area contributed by atoms with Gasteiger partial charge in [0, 0.05) is 23.4 Å². The van der Waals surface area contributed by atoms with Crippen molar-refractivity contribution in [3.63, 3.8) is 0 Å². The summed E-state index contributed by atoms with van der Waals surface area (Å²) >= 11 is 0. The summed E-state index contributed by atoms with van der Waals surface area (Å²) in [6.07, 6.45) is 16.0. The van der Waals surface area contributed by atoms with Gasteiger partial charge in [-0.2, -0.15) is 0 Å². The third-order valence-corrected chi connectivity index (χ3v) is 4.51. The van der Waals surface area contributed by atoms with Gasteiger partial charge in [0.2, 0.25) is 0 Å². The van der Waals surface area contributed by atoms with E-state index in [9.17, 15) is 9.59 Å². The van der Waals surface area contributed by atoms with E-state index < -0.39 is 0 Å². The highest BCUT2D eigenvalue weighted by Crippen LogP contribution is 2.13. The number of aliphatic hydroxyl groups excluding tert-OH is 1. The highest BCUT2D eigenvalue weighted by atomic mass is 16.5. The predicted molar refractivity (Wildman–Crippen MR) is 149 cm³/mol. The molecule has 7 heteroatoms. The average molecular weight is 503 g/mol. The van der Waals surface area contributed by atoms with Crippen LogP contribution < -0.4 is 15.4 Å². The fraction of sp³-hybridized carbons (Fsp3) is 0.133. The minimum atomic E-state index is -0.289. The van der Waals surface area contributed by atoms with E-state index in [0.29, 0.717) is 34.1 Å². The van der Waals surface area contributed by atoms with E-state index in [2.05, 4.69) is 30.4 Å². The van der Waals surface area contributed by atoms with Gasteiger partial charge in [0.15, 0.2) is 0 Å². The minimum absolute atomic E-state index is 0.0969. The molecule has 0 aliphatic rings. The lowest BCUT2D eigenvalue weighted by atomic mass is 10.2. The summed E-state index contributed by atoms with van der Waals surface area (Å²) in [5.74, 6) is 0.899. The number of carbonyl (C=O) groups excluding carboxylic acids is 2. The first-order valence-corrected chi connectivity index (χ1v) is 11.3. The molecule has 0 saturated heterocycles. The summed E-state index contributed by atoms with van der Waals surface area (Å²) in [4.78, 5) is 24.6. The Bertz CT molecular complexity index is 1180. The van der Waals surface area contributed by atoms with Crippen LogP contribution in [0.25, 0.3) is 0 Å². The summed E-state index contributed by atoms with van der Waals surface area (Å²) in [5.41, 5.74) is 1.53. The summed E-state index contributed by atoms with van der Waals surface area (Å²) in [7, 11) is 1.54. The zero-order chi connectivity index (χ0) is 27.6. The fourth-order valence-electron chi connectivity index (χ4n) is 2.62. The maximum absolute atomic E-state index is 12.3. The van der Waals surface area contributed by atoms with Crippen LogP contribution >= 0.6 is 0 Å². The molecule has 194 valence electrons. The number of aliphatic hydroxyl groups is 1. The van der Waals surface area contributed by atoms with E-state index in [1.54, 1.807) is 87.8 Å². The van der Waals surface area contributed by atoms with Crippen LogP contribution in [0.2, 0.25) is 0 Å². The second-order valence-electron chi connectivity index (χ2n) is 7.53. The standard InChI is InChI=1S/C30H34N2O5/c1-7-12-27(17-11-20-31-30(35)25-15-10-16-28(21-25)36-6)37-26(8-2)19-18-23(4)32-29(34)22(3)13-9-14-24(5)33/h7-19,21,33H,1-2,5,20H2,3-4,6H3,(H,31,35)(H,32,34)/b14-9-,17-11-,22-13+,23-18+,26-19+,27-12+. The van der Waals surface area contributed by atoms with Crippen molar-refractivity contribution in [3.05, 3.63) is 139 Å². The van der Waals surface area contributed by atoms with E-state index >= 15 is 0 Å². The second kappa shape index (κ2) is 16.8. The second-order valence-corrected chi connectivity index (χ2v) is 7.53. The molecule has 0 saturated carbocycles. The van der Waals surface area contributed by atoms with Crippen LogP contribution in [-0.2, 0) is 9.53 Å². The Hall–Kier alpha value is -4.78. The van der Waals surface area contributed by atoms with E-state index in [4.69, 9.17) is 14.6 Å². The molecular weight excluding hydrogens is 468 g/mol. The molecule has 0 aliphatic heterocycles. The van der Waals surface area contributed by atoms with Crippen LogP contribution in [0.4, 0.5) is 0 Å². The number of hydrogen-bond acceptors (Lipinski definition) is 5. The van der Waals surface area contributed by atoms with Crippen LogP contribution in [0.5, 0.6) is 5.75 Å². The van der Waals surface area contributed by atoms with Crippen molar-refractivity contribution in [2.45, 2.75) is 13.8 Å². The van der Waals surface area contributed by atoms with Gasteiger partial charge in [-0.25, -0.2) is 0 Å². The number of methoxy groups -OCH3 is 1. The Balaban J connectivity index is 2.76. The molecule has 1 aromatic rings. The highest BCUT2D eigenvalue weighted by molar-refractivity contribution is 5.95. The van der Waals surface area contributed by atoms with Gasteiger partial charge in [-0.05, 0) is 68.5 Å². The molecule has 0 atom stereocenters. The van der Waals surface area contributed by atoms with Gasteiger partial charge >= 0.3 is 0 Å². The van der Waals surface area contributed by atoms with E-state index in [-0.39, 0.29) is 24.1 Å². The molecule has 0 heterocycles. The Morgan fingerprint density at radius 3 is 2.46 bits per heavy atom. The Morgan fingerprint density at radius 1 is 1.05 bits per heavy atom. The Morgan fingerprint density at radius 2 is 1.81 bits per heavy atom. The molecule has 37 heavy (non-hydrogen) atoms. The summed E-state index contributed by atoms with van der Waals surface area (Å²) in [6.45, 7) is 14.5. The largest absolute Gasteiger partial charge is 0.509 e. The van der Waals surface area contributed by atoms with Gasteiger partial charge in [0.1, 0.15) is 23.0 Å². The molecule has 2 amide bonds. The Labute approximate surface area is 218 Å². The van der Waals surface area contributed by atoms with Crippen molar-refractivity contribution < 1.29 is 24.2 Å². The molecular formula is C30H34N2O5. The lowest BCUT2D eigenvalue weighted by Gasteiger charge is -2.08. The highest BCUT2D eigenvalue weighted by Gasteiger charge is 2.05. The monoisotopic (exact) mass is 502 g/mol. The average Bonchev–Trinajstić information content (AvgIpc) is 2.88. The molecule has 0 unspecified atom stereocenters. The smallest absolute Gasteiger partial charge is 0.251 e. The number of ether oxygens (including phenoxy) is 2. The maximum Gasteiger partial charge on any atom is 0.251 e. The molecule has 0 aromatic heterocycles. The van der Waals surface area contributed by atoms with E-state index in [0.717, 1.165) is 0 Å². The minimum Gasteiger partial charge on any atom is -0.509 e. The van der Waals surface area contributed by atoms with Crippen LogP contribution in [0, 0.1) is 0 Å². The molecule has 1 rings (SSSR count). The predicted octanol–water partition coefficient (Wildman–Crippen LogP) is 5.73. The van der Waals surface area contributed by atoms with E-state index in [1.807, 2.05) is 0 Å². The fourth-order valence-corrected chi connectivity index (χ4v) is 2.62. The zero-order valence-corrected chi connectivity index (χ0v) is 21.5. The number of rotatable bonds is 14. The van der Waals surface area contributed by atoms with Crippen LogP contribution in [0.15, 0.2) is 133 Å². The van der Waals surface area contributed by atoms with Crippen molar-refractivity contribution in [3.8, 4) is 5.75 Å². The number of allylic oxidation sites excluding steroid dienone is 10. The normalized spacial score (nSPS) is 12.8. The summed E-state index contributed by atoms with van der Waals surface area (Å²) < 4.78 is 11.0. The van der Waals surface area contributed by atoms with Gasteiger partial charge in [-0.3, -0.25) is 9.59 Å². The SMILES string of the molecule is C=C/C=C(\C=C/CNC(=O)c1cccc(OC)c1)O/C(C=C)=C/C=C(\C)NC(=O)/C(C)=C/C=C\C(=C)O. The lowest BCUT2D eigenvalue weighted by Crippen LogP contribution is -2.23. The molecule has 7 nitrogen and oxygen atoms in total. The third-order valence-electron chi connectivity index (χ3n) is 4.51. The molecule has 0 radical (unpaired) electrons. The number of amides is 2. The first-order chi connectivity index (χ1) is 17.7. The molecule has 0 spiro atoms. The topological polar surface area (TPSA) is 96.9 Å². The lowest BCUT2D eigenvalue weighted by molar-refractivity contribution is -0.116. The quantitative estimate of drug-likeness (QED) is 0.171. The van der Waals surface area contributed by atoms with Gasteiger partial charge < -0.3 is 25.2 Å². The van der Waals surface area contributed by atoms with Crippen molar-refractivity contribution in [2.24, 2.45) is 0 Å². The third kappa shape index (κ3) is 12.5. The number of nitrogens with one attached hydrogen (secondary N) is 2. The molecule has 0 bridgehead atoms. The summed E-state index contributed by atoms with van der Waals surface area (Å²) in [6, 6.07) is 6.88. The molecule has 0 aliphatic carbocycles. The van der Waals surface area contributed by atoms with Crippen LogP contribution in [0.3, 0.4) is 0 Å². The molecule has 3 N–H and O–H groups in total. The van der Waals surface area contributed by atoms with Crippen molar-refractivity contribution in [1.29, 1.82) is 0 Å². The van der Waals surface area contributed by atoms with Gasteiger partial charge in [0.25, 0.3) is 11.8 Å². The number of hydrogen-bond donors (Lipinski definition) is 3. The first-order valence-electron chi connectivity index (χ1n) is 11.3. The van der Waals surface area contributed by atoms with Crippen molar-refractivity contribution in [2.75, 3.05) is 13.7 Å². The van der Waals surface area contributed by atoms with E-state index in [1.165, 1.54) is 18.2 Å².